The second kappa shape index (κ2) is 7.17. The van der Waals surface area contributed by atoms with Crippen LogP contribution < -0.4 is 10.2 Å². The van der Waals surface area contributed by atoms with Crippen LogP contribution in [0.25, 0.3) is 0 Å². The lowest BCUT2D eigenvalue weighted by molar-refractivity contribution is -0.886. The number of amides is 1. The van der Waals surface area contributed by atoms with E-state index in [1.165, 1.54) is 0 Å². The monoisotopic (exact) mass is 291 g/mol. The molecule has 2 aromatic rings. The van der Waals surface area contributed by atoms with Crippen molar-refractivity contribution < 1.29 is 14.1 Å². The molecule has 106 valence electrons. The molecule has 0 saturated heterocycles. The number of hydrogen-bond acceptors (Lipinski definition) is 3. The maximum Gasteiger partial charge on any atom is 0.279 e. The standard InChI is InChI=1S/C15H18N2O2S/c1-17(10-12-6-5-9-19-12)11-15(18)16-13-7-3-4-8-14(13)20-2/h3-9H,10-11H2,1-2H3,(H,16,18)/p+1. The van der Waals surface area contributed by atoms with Crippen LogP contribution in [0.15, 0.2) is 52.0 Å². The molecule has 4 nitrogen and oxygen atoms in total. The molecular formula is C15H19N2O2S+. The van der Waals surface area contributed by atoms with E-state index >= 15 is 0 Å². The van der Waals surface area contributed by atoms with Gasteiger partial charge in [-0.1, -0.05) is 12.1 Å². The number of nitrogens with one attached hydrogen (secondary N) is 2. The summed E-state index contributed by atoms with van der Waals surface area (Å²) in [5.74, 6) is 0.898. The quantitative estimate of drug-likeness (QED) is 0.796. The highest BCUT2D eigenvalue weighted by Crippen LogP contribution is 2.24. The van der Waals surface area contributed by atoms with Gasteiger partial charge in [-0.2, -0.15) is 0 Å². The van der Waals surface area contributed by atoms with Gasteiger partial charge in [-0.05, 0) is 30.5 Å². The van der Waals surface area contributed by atoms with E-state index in [4.69, 9.17) is 4.42 Å². The second-order valence-electron chi connectivity index (χ2n) is 4.64. The third-order valence-electron chi connectivity index (χ3n) is 2.90. The Balaban J connectivity index is 1.88. The number of rotatable bonds is 6. The molecule has 0 bridgehead atoms. The maximum absolute atomic E-state index is 12.0. The first-order chi connectivity index (χ1) is 9.69. The fourth-order valence-electron chi connectivity index (χ4n) is 1.99. The first-order valence-electron chi connectivity index (χ1n) is 6.45. The van der Waals surface area contributed by atoms with Crippen molar-refractivity contribution in [1.82, 2.24) is 0 Å². The lowest BCUT2D eigenvalue weighted by Gasteiger charge is -2.13. The summed E-state index contributed by atoms with van der Waals surface area (Å²) in [5, 5.41) is 2.96. The molecule has 0 aliphatic rings. The predicted octanol–water partition coefficient (Wildman–Crippen LogP) is 1.65. The van der Waals surface area contributed by atoms with Crippen LogP contribution in [-0.4, -0.2) is 25.8 Å². The predicted molar refractivity (Wildman–Crippen MR) is 81.0 cm³/mol. The van der Waals surface area contributed by atoms with E-state index in [0.717, 1.165) is 21.2 Å². The van der Waals surface area contributed by atoms with E-state index in [0.29, 0.717) is 13.1 Å². The summed E-state index contributed by atoms with van der Waals surface area (Å²) in [6.45, 7) is 1.11. The van der Waals surface area contributed by atoms with Gasteiger partial charge in [0.15, 0.2) is 12.3 Å². The Bertz CT molecular complexity index is 555. The Hall–Kier alpha value is -1.72. The largest absolute Gasteiger partial charge is 0.463 e. The van der Waals surface area contributed by atoms with Gasteiger partial charge in [-0.15, -0.1) is 11.8 Å². The molecule has 2 N–H and O–H groups in total. The maximum atomic E-state index is 12.0. The molecule has 0 fully saturated rings. The molecule has 1 atom stereocenters. The van der Waals surface area contributed by atoms with Crippen molar-refractivity contribution >= 4 is 23.4 Å². The second-order valence-corrected chi connectivity index (χ2v) is 5.49. The van der Waals surface area contributed by atoms with Gasteiger partial charge in [-0.3, -0.25) is 4.79 Å². The average Bonchev–Trinajstić information content (AvgIpc) is 2.91. The minimum absolute atomic E-state index is 0.00977. The number of benzene rings is 1. The van der Waals surface area contributed by atoms with Crippen molar-refractivity contribution in [3.05, 3.63) is 48.4 Å². The summed E-state index contributed by atoms with van der Waals surface area (Å²) < 4.78 is 5.28. The van der Waals surface area contributed by atoms with Gasteiger partial charge >= 0.3 is 0 Å². The van der Waals surface area contributed by atoms with Gasteiger partial charge in [0, 0.05) is 4.90 Å². The first kappa shape index (κ1) is 14.7. The highest BCUT2D eigenvalue weighted by Gasteiger charge is 2.13. The van der Waals surface area contributed by atoms with Crippen LogP contribution in [0.1, 0.15) is 5.76 Å². The Morgan fingerprint density at radius 1 is 1.30 bits per heavy atom. The van der Waals surface area contributed by atoms with Crippen molar-refractivity contribution in [2.24, 2.45) is 0 Å². The van der Waals surface area contributed by atoms with Gasteiger partial charge in [-0.25, -0.2) is 0 Å². The number of carbonyl (C=O) groups excluding carboxylic acids is 1. The van der Waals surface area contributed by atoms with Crippen LogP contribution >= 0.6 is 11.8 Å². The molecule has 1 heterocycles. The minimum atomic E-state index is 0.00977. The van der Waals surface area contributed by atoms with Gasteiger partial charge in [0.1, 0.15) is 6.54 Å². The molecule has 0 radical (unpaired) electrons. The zero-order chi connectivity index (χ0) is 14.4. The molecule has 1 amide bonds. The molecule has 0 saturated carbocycles. The van der Waals surface area contributed by atoms with Crippen LogP contribution in [0.4, 0.5) is 5.69 Å². The summed E-state index contributed by atoms with van der Waals surface area (Å²) in [7, 11) is 1.97. The molecule has 20 heavy (non-hydrogen) atoms. The molecular weight excluding hydrogens is 272 g/mol. The number of furan rings is 1. The Morgan fingerprint density at radius 3 is 2.80 bits per heavy atom. The van der Waals surface area contributed by atoms with Gasteiger partial charge in [0.2, 0.25) is 0 Å². The normalized spacial score (nSPS) is 12.1. The van der Waals surface area contributed by atoms with E-state index in [1.54, 1.807) is 18.0 Å². The SMILES string of the molecule is CSc1ccccc1NC(=O)C[NH+](C)Cc1ccco1. The summed E-state index contributed by atoms with van der Waals surface area (Å²) in [5.41, 5.74) is 0.871. The van der Waals surface area contributed by atoms with Crippen LogP contribution in [0.2, 0.25) is 0 Å². The molecule has 5 heteroatoms. The van der Waals surface area contributed by atoms with Gasteiger partial charge in [0.25, 0.3) is 5.91 Å². The molecule has 0 spiro atoms. The fourth-order valence-corrected chi connectivity index (χ4v) is 2.54. The van der Waals surface area contributed by atoms with Gasteiger partial charge in [0.05, 0.1) is 19.0 Å². The summed E-state index contributed by atoms with van der Waals surface area (Å²) >= 11 is 1.62. The average molecular weight is 291 g/mol. The Kier molecular flexibility index (Phi) is 5.26. The topological polar surface area (TPSA) is 46.7 Å². The third-order valence-corrected chi connectivity index (χ3v) is 3.70. The highest BCUT2D eigenvalue weighted by atomic mass is 32.2. The van der Waals surface area contributed by atoms with E-state index in [1.807, 2.05) is 49.7 Å². The lowest BCUT2D eigenvalue weighted by Crippen LogP contribution is -3.08. The number of para-hydroxylation sites is 1. The molecule has 1 aromatic heterocycles. The van der Waals surface area contributed by atoms with Crippen LogP contribution in [-0.2, 0) is 11.3 Å². The van der Waals surface area contributed by atoms with E-state index in [2.05, 4.69) is 5.32 Å². The fraction of sp³-hybridized carbons (Fsp3) is 0.267. The number of thioether (sulfide) groups is 1. The Morgan fingerprint density at radius 2 is 2.10 bits per heavy atom. The summed E-state index contributed by atoms with van der Waals surface area (Å²) in [4.78, 5) is 14.2. The number of anilines is 1. The molecule has 0 aliphatic heterocycles. The van der Waals surface area contributed by atoms with Crippen molar-refractivity contribution in [1.29, 1.82) is 0 Å². The third kappa shape index (κ3) is 4.15. The van der Waals surface area contributed by atoms with E-state index in [9.17, 15) is 4.79 Å². The molecule has 0 aliphatic carbocycles. The highest BCUT2D eigenvalue weighted by molar-refractivity contribution is 7.98. The smallest absolute Gasteiger partial charge is 0.279 e. The lowest BCUT2D eigenvalue weighted by atomic mass is 10.3. The van der Waals surface area contributed by atoms with Crippen LogP contribution in [0.3, 0.4) is 0 Å². The molecule has 1 aromatic carbocycles. The zero-order valence-corrected chi connectivity index (χ0v) is 12.5. The first-order valence-corrected chi connectivity index (χ1v) is 7.68. The van der Waals surface area contributed by atoms with Crippen LogP contribution in [0, 0.1) is 0 Å². The minimum Gasteiger partial charge on any atom is -0.463 e. The van der Waals surface area contributed by atoms with E-state index in [-0.39, 0.29) is 5.91 Å². The number of likely N-dealkylation sites (N-methyl/N-ethyl adjacent to an activating group) is 1. The van der Waals surface area contributed by atoms with E-state index < -0.39 is 0 Å². The summed E-state index contributed by atoms with van der Waals surface area (Å²) in [6.07, 6.45) is 3.65. The Labute approximate surface area is 123 Å². The van der Waals surface area contributed by atoms with Crippen LogP contribution in [0.5, 0.6) is 0 Å². The van der Waals surface area contributed by atoms with Crippen molar-refractivity contribution in [2.75, 3.05) is 25.2 Å². The van der Waals surface area contributed by atoms with Crippen molar-refractivity contribution in [2.45, 2.75) is 11.4 Å². The zero-order valence-electron chi connectivity index (χ0n) is 11.7. The van der Waals surface area contributed by atoms with Gasteiger partial charge < -0.3 is 14.6 Å². The number of quaternary nitrogens is 1. The molecule has 2 rings (SSSR count). The van der Waals surface area contributed by atoms with Crippen molar-refractivity contribution in [3.8, 4) is 0 Å². The van der Waals surface area contributed by atoms with Crippen molar-refractivity contribution in [3.63, 3.8) is 0 Å². The number of carbonyl (C=O) groups is 1. The number of hydrogen-bond donors (Lipinski definition) is 2. The summed E-state index contributed by atoms with van der Waals surface area (Å²) in [6, 6.07) is 11.6. The molecule has 1 unspecified atom stereocenters.